The van der Waals surface area contributed by atoms with E-state index in [1.165, 1.54) is 27.7 Å². The first-order chi connectivity index (χ1) is 22.0. The van der Waals surface area contributed by atoms with Gasteiger partial charge in [0, 0.05) is 50.4 Å². The van der Waals surface area contributed by atoms with E-state index < -0.39 is 45.4 Å². The van der Waals surface area contributed by atoms with Crippen LogP contribution in [0.1, 0.15) is 147 Å². The molecule has 10 atom stereocenters. The molecule has 0 aromatic rings. The van der Waals surface area contributed by atoms with Gasteiger partial charge in [-0.3, -0.25) is 19.2 Å². The van der Waals surface area contributed by atoms with Crippen molar-refractivity contribution in [3.05, 3.63) is 0 Å². The molecule has 2 heterocycles. The third-order valence-corrected chi connectivity index (χ3v) is 12.8. The van der Waals surface area contributed by atoms with E-state index in [9.17, 15) is 19.2 Å². The molecule has 0 spiro atoms. The quantitative estimate of drug-likeness (QED) is 0.205. The third-order valence-electron chi connectivity index (χ3n) is 12.8. The van der Waals surface area contributed by atoms with E-state index in [-0.39, 0.29) is 47.9 Å². The van der Waals surface area contributed by atoms with Gasteiger partial charge in [0.25, 0.3) is 0 Å². The number of hydrogen-bond acceptors (Lipinski definition) is 10. The van der Waals surface area contributed by atoms with Crippen molar-refractivity contribution in [2.45, 2.75) is 194 Å². The minimum atomic E-state index is -0.749. The van der Waals surface area contributed by atoms with Crippen LogP contribution in [0.25, 0.3) is 0 Å². The van der Waals surface area contributed by atoms with Gasteiger partial charge in [-0.05, 0) is 106 Å². The van der Waals surface area contributed by atoms with Crippen LogP contribution in [0.2, 0.25) is 0 Å². The zero-order valence-electron chi connectivity index (χ0n) is 31.6. The van der Waals surface area contributed by atoms with Crippen molar-refractivity contribution >= 4 is 23.9 Å². The topological polar surface area (TPSA) is 124 Å². The van der Waals surface area contributed by atoms with E-state index in [1.54, 1.807) is 0 Å². The lowest BCUT2D eigenvalue weighted by Crippen LogP contribution is -2.60. The van der Waals surface area contributed by atoms with Gasteiger partial charge in [-0.2, -0.15) is 0 Å². The van der Waals surface area contributed by atoms with Gasteiger partial charge in [0.05, 0.1) is 23.4 Å². The highest BCUT2D eigenvalue weighted by Gasteiger charge is 2.62. The number of rotatable bonds is 7. The maximum absolute atomic E-state index is 12.6. The van der Waals surface area contributed by atoms with E-state index >= 15 is 0 Å². The molecule has 274 valence electrons. The smallest absolute Gasteiger partial charge is 0.303 e. The summed E-state index contributed by atoms with van der Waals surface area (Å²) in [6.45, 7) is 22.4. The summed E-state index contributed by atoms with van der Waals surface area (Å²) in [6.07, 6.45) is 5.72. The van der Waals surface area contributed by atoms with Gasteiger partial charge in [0.15, 0.2) is 0 Å². The fourth-order valence-corrected chi connectivity index (χ4v) is 10.5. The summed E-state index contributed by atoms with van der Waals surface area (Å²) < 4.78 is 37.8. The summed E-state index contributed by atoms with van der Waals surface area (Å²) in [5.74, 6) is -1.49. The van der Waals surface area contributed by atoms with E-state index in [2.05, 4.69) is 27.7 Å². The van der Waals surface area contributed by atoms with E-state index in [0.717, 1.165) is 12.8 Å². The fourth-order valence-electron chi connectivity index (χ4n) is 10.5. The molecule has 4 fully saturated rings. The second-order valence-electron chi connectivity index (χ2n) is 17.3. The normalized spacial score (nSPS) is 42.1. The Labute approximate surface area is 288 Å². The van der Waals surface area contributed by atoms with E-state index in [4.69, 9.17) is 28.4 Å². The molecule has 0 amide bonds. The SMILES string of the molecule is CC(=O)O[C@H]1CC[C@]2(C)[C@H](CC[C@@](C)(OC(C)=O)[C@H]2CC[C@H]2[C@]3(C)CC[C@H](OC(C)=O)C(C)(C)O[C@H]3CC[C@]2(C)OC(C)=O)OC1(C)C. The molecule has 4 rings (SSSR count). The molecule has 0 unspecified atom stereocenters. The van der Waals surface area contributed by atoms with Gasteiger partial charge in [0.1, 0.15) is 23.4 Å². The van der Waals surface area contributed by atoms with Gasteiger partial charge >= 0.3 is 23.9 Å². The standard InChI is InChI=1S/C38H62O10/c1-23(39)43-29-15-19-35(9)27(37(11,45-25(3)41)21-17-31(35)47-33(29,5)6)13-14-28-36(10)20-16-30(44-24(2)40)34(7,8)48-32(36)18-22-38(28,12)46-26(4)42/h27-32H,13-22H2,1-12H3/t27-,28-,29-,30-,31-,32-,35-,36-,37-,38+/m0/s1. The van der Waals surface area contributed by atoms with Crippen LogP contribution in [0.15, 0.2) is 0 Å². The highest BCUT2D eigenvalue weighted by molar-refractivity contribution is 5.67. The summed E-state index contributed by atoms with van der Waals surface area (Å²) in [4.78, 5) is 49.4. The zero-order chi connectivity index (χ0) is 36.1. The summed E-state index contributed by atoms with van der Waals surface area (Å²) in [5, 5.41) is 0. The Morgan fingerprint density at radius 3 is 1.15 bits per heavy atom. The number of carbonyl (C=O) groups is 4. The minimum Gasteiger partial charge on any atom is -0.460 e. The number of fused-ring (bicyclic) bond motifs is 2. The van der Waals surface area contributed by atoms with E-state index in [0.29, 0.717) is 51.4 Å². The Hall–Kier alpha value is -2.20. The first kappa shape index (κ1) is 38.6. The highest BCUT2D eigenvalue weighted by Crippen LogP contribution is 2.60. The monoisotopic (exact) mass is 678 g/mol. The first-order valence-electron chi connectivity index (χ1n) is 18.1. The van der Waals surface area contributed by atoms with Crippen LogP contribution in [0.3, 0.4) is 0 Å². The summed E-state index contributed by atoms with van der Waals surface area (Å²) in [5.41, 5.74) is -3.67. The highest BCUT2D eigenvalue weighted by atomic mass is 16.6. The molecule has 2 aliphatic heterocycles. The Balaban J connectivity index is 1.75. The van der Waals surface area contributed by atoms with Gasteiger partial charge in [-0.15, -0.1) is 0 Å². The van der Waals surface area contributed by atoms with Gasteiger partial charge in [-0.25, -0.2) is 0 Å². The fraction of sp³-hybridized carbons (Fsp3) is 0.895. The Kier molecular flexibility index (Phi) is 10.9. The molecular formula is C38H62O10. The number of hydrogen-bond donors (Lipinski definition) is 0. The average molecular weight is 679 g/mol. The lowest BCUT2D eigenvalue weighted by Gasteiger charge is -2.58. The van der Waals surface area contributed by atoms with Crippen molar-refractivity contribution in [1.29, 1.82) is 0 Å². The van der Waals surface area contributed by atoms with Gasteiger partial charge in [-0.1, -0.05) is 13.8 Å². The van der Waals surface area contributed by atoms with Crippen molar-refractivity contribution in [2.24, 2.45) is 22.7 Å². The largest absolute Gasteiger partial charge is 0.460 e. The summed E-state index contributed by atoms with van der Waals surface area (Å²) >= 11 is 0. The molecule has 0 aromatic carbocycles. The average Bonchev–Trinajstić information content (AvgIpc) is 3.08. The second kappa shape index (κ2) is 13.5. The van der Waals surface area contributed by atoms with Crippen LogP contribution in [-0.2, 0) is 47.6 Å². The van der Waals surface area contributed by atoms with Crippen molar-refractivity contribution < 1.29 is 47.6 Å². The molecule has 4 aliphatic rings. The first-order valence-corrected chi connectivity index (χ1v) is 18.1. The molecular weight excluding hydrogens is 616 g/mol. The molecule has 2 aliphatic carbocycles. The minimum absolute atomic E-state index is 0.0954. The lowest BCUT2D eigenvalue weighted by atomic mass is 9.53. The van der Waals surface area contributed by atoms with Gasteiger partial charge in [0.2, 0.25) is 0 Å². The van der Waals surface area contributed by atoms with Crippen molar-refractivity contribution in [3.63, 3.8) is 0 Å². The lowest BCUT2D eigenvalue weighted by molar-refractivity contribution is -0.231. The second-order valence-corrected chi connectivity index (χ2v) is 17.3. The Morgan fingerprint density at radius 1 is 0.521 bits per heavy atom. The third kappa shape index (κ3) is 7.59. The predicted octanol–water partition coefficient (Wildman–Crippen LogP) is 7.02. The maximum atomic E-state index is 12.6. The van der Waals surface area contributed by atoms with Crippen LogP contribution < -0.4 is 0 Å². The van der Waals surface area contributed by atoms with Crippen molar-refractivity contribution in [2.75, 3.05) is 0 Å². The van der Waals surface area contributed by atoms with Crippen molar-refractivity contribution in [1.82, 2.24) is 0 Å². The molecule has 0 bridgehead atoms. The van der Waals surface area contributed by atoms with Crippen LogP contribution >= 0.6 is 0 Å². The molecule has 48 heavy (non-hydrogen) atoms. The predicted molar refractivity (Wildman–Crippen MR) is 179 cm³/mol. The van der Waals surface area contributed by atoms with Crippen LogP contribution in [-0.4, -0.2) is 70.7 Å². The Morgan fingerprint density at radius 2 is 0.854 bits per heavy atom. The number of esters is 4. The zero-order valence-corrected chi connectivity index (χ0v) is 31.6. The Bertz CT molecular complexity index is 1150. The summed E-state index contributed by atoms with van der Waals surface area (Å²) in [6, 6.07) is 0. The summed E-state index contributed by atoms with van der Waals surface area (Å²) in [7, 11) is 0. The van der Waals surface area contributed by atoms with Crippen LogP contribution in [0.5, 0.6) is 0 Å². The molecule has 2 saturated heterocycles. The van der Waals surface area contributed by atoms with E-state index in [1.807, 2.05) is 27.7 Å². The number of ether oxygens (including phenoxy) is 6. The number of carbonyl (C=O) groups excluding carboxylic acids is 4. The van der Waals surface area contributed by atoms with Crippen LogP contribution in [0, 0.1) is 22.7 Å². The molecule has 10 heteroatoms. The maximum Gasteiger partial charge on any atom is 0.303 e. The van der Waals surface area contributed by atoms with Crippen molar-refractivity contribution in [3.8, 4) is 0 Å². The molecule has 10 nitrogen and oxygen atoms in total. The molecule has 0 radical (unpaired) electrons. The molecule has 0 N–H and O–H groups in total. The molecule has 2 saturated carbocycles. The molecule has 0 aromatic heterocycles. The van der Waals surface area contributed by atoms with Gasteiger partial charge < -0.3 is 28.4 Å². The van der Waals surface area contributed by atoms with Crippen LogP contribution in [0.4, 0.5) is 0 Å².